The molecule has 5 nitrogen and oxygen atoms in total. The maximum absolute atomic E-state index is 10.9. The fourth-order valence-electron chi connectivity index (χ4n) is 1.25. The van der Waals surface area contributed by atoms with E-state index >= 15 is 0 Å². The second-order valence-corrected chi connectivity index (χ2v) is 5.90. The van der Waals surface area contributed by atoms with Crippen LogP contribution in [0.2, 0.25) is 0 Å². The Morgan fingerprint density at radius 2 is 2.11 bits per heavy atom. The van der Waals surface area contributed by atoms with Crippen LogP contribution in [0.15, 0.2) is 36.9 Å². The zero-order valence-corrected chi connectivity index (χ0v) is 11.2. The third-order valence-corrected chi connectivity index (χ3v) is 2.63. The highest BCUT2D eigenvalue weighted by Crippen LogP contribution is 2.39. The standard InChI is InChI=1S/C11H13O5PS/c1-2-11(12)15-8-7-9-5-3-4-6-10(9)16-17(13,14)18/h2-6H,1,7-8H2,(H2,13,14,18). The van der Waals surface area contributed by atoms with Crippen molar-refractivity contribution in [2.24, 2.45) is 0 Å². The summed E-state index contributed by atoms with van der Waals surface area (Å²) < 4.78 is 9.72. The van der Waals surface area contributed by atoms with Crippen molar-refractivity contribution in [2.45, 2.75) is 6.42 Å². The molecular weight excluding hydrogens is 275 g/mol. The molecular formula is C11H13O5PS. The van der Waals surface area contributed by atoms with Gasteiger partial charge in [0.05, 0.1) is 6.61 Å². The number of hydrogen-bond donors (Lipinski definition) is 2. The molecule has 0 aliphatic heterocycles. The summed E-state index contributed by atoms with van der Waals surface area (Å²) in [6.07, 6.45) is 1.45. The highest BCUT2D eigenvalue weighted by atomic mass is 32.5. The molecule has 2 N–H and O–H groups in total. The van der Waals surface area contributed by atoms with E-state index in [-0.39, 0.29) is 12.4 Å². The zero-order valence-electron chi connectivity index (χ0n) is 9.48. The SMILES string of the molecule is C=CC(=O)OCCc1ccccc1OP(O)(O)=S. The van der Waals surface area contributed by atoms with E-state index in [0.717, 1.165) is 6.08 Å². The van der Waals surface area contributed by atoms with Crippen molar-refractivity contribution < 1.29 is 23.8 Å². The average Bonchev–Trinajstić information content (AvgIpc) is 2.29. The van der Waals surface area contributed by atoms with Crippen LogP contribution in [0.1, 0.15) is 5.56 Å². The molecule has 18 heavy (non-hydrogen) atoms. The van der Waals surface area contributed by atoms with Crippen molar-refractivity contribution in [1.29, 1.82) is 0 Å². The van der Waals surface area contributed by atoms with Crippen LogP contribution in [-0.4, -0.2) is 22.4 Å². The van der Waals surface area contributed by atoms with Gasteiger partial charge in [0, 0.05) is 24.3 Å². The summed E-state index contributed by atoms with van der Waals surface area (Å²) in [6, 6.07) is 6.73. The molecule has 0 atom stereocenters. The minimum absolute atomic E-state index is 0.144. The molecule has 7 heteroatoms. The summed E-state index contributed by atoms with van der Waals surface area (Å²) in [4.78, 5) is 29.1. The quantitative estimate of drug-likeness (QED) is 0.470. The van der Waals surface area contributed by atoms with Crippen molar-refractivity contribution in [3.05, 3.63) is 42.5 Å². The van der Waals surface area contributed by atoms with Crippen LogP contribution in [0.5, 0.6) is 5.75 Å². The van der Waals surface area contributed by atoms with Gasteiger partial charge in [-0.05, 0) is 11.6 Å². The Morgan fingerprint density at radius 3 is 2.72 bits per heavy atom. The summed E-state index contributed by atoms with van der Waals surface area (Å²) >= 11 is 4.40. The Labute approximate surface area is 110 Å². The van der Waals surface area contributed by atoms with E-state index in [4.69, 9.17) is 19.0 Å². The van der Waals surface area contributed by atoms with Crippen LogP contribution in [0.25, 0.3) is 0 Å². The van der Waals surface area contributed by atoms with Crippen LogP contribution < -0.4 is 4.52 Å². The molecule has 0 heterocycles. The van der Waals surface area contributed by atoms with Crippen LogP contribution in [0, 0.1) is 0 Å². The number of rotatable bonds is 6. The van der Waals surface area contributed by atoms with Crippen molar-refractivity contribution in [2.75, 3.05) is 6.61 Å². The normalized spacial score (nSPS) is 10.8. The lowest BCUT2D eigenvalue weighted by molar-refractivity contribution is -0.137. The molecule has 0 saturated heterocycles. The third-order valence-electron chi connectivity index (χ3n) is 1.97. The number of carbonyl (C=O) groups excluding carboxylic acids is 1. The molecule has 1 rings (SSSR count). The molecule has 0 radical (unpaired) electrons. The van der Waals surface area contributed by atoms with E-state index in [0.29, 0.717) is 12.0 Å². The van der Waals surface area contributed by atoms with Gasteiger partial charge in [0.2, 0.25) is 0 Å². The van der Waals surface area contributed by atoms with Crippen LogP contribution in [0.4, 0.5) is 0 Å². The molecule has 0 fully saturated rings. The van der Waals surface area contributed by atoms with Gasteiger partial charge in [0.25, 0.3) is 0 Å². The molecule has 0 aromatic heterocycles. The molecule has 0 spiro atoms. The van der Waals surface area contributed by atoms with E-state index < -0.39 is 12.7 Å². The van der Waals surface area contributed by atoms with Gasteiger partial charge in [-0.3, -0.25) is 0 Å². The van der Waals surface area contributed by atoms with E-state index in [1.54, 1.807) is 24.3 Å². The molecule has 1 aromatic rings. The predicted molar refractivity (Wildman–Crippen MR) is 70.7 cm³/mol. The lowest BCUT2D eigenvalue weighted by Gasteiger charge is -2.13. The maximum atomic E-state index is 10.9. The molecule has 0 amide bonds. The van der Waals surface area contributed by atoms with Gasteiger partial charge in [0.15, 0.2) is 0 Å². The minimum atomic E-state index is -3.76. The minimum Gasteiger partial charge on any atom is -0.462 e. The molecule has 1 aromatic carbocycles. The Kier molecular flexibility index (Phi) is 5.50. The first kappa shape index (κ1) is 14.9. The molecule has 98 valence electrons. The van der Waals surface area contributed by atoms with Crippen molar-refractivity contribution >= 4 is 24.5 Å². The van der Waals surface area contributed by atoms with E-state index in [1.807, 2.05) is 0 Å². The summed E-state index contributed by atoms with van der Waals surface area (Å²) in [7, 11) is 0. The molecule has 0 bridgehead atoms. The molecule has 0 saturated carbocycles. The summed E-state index contributed by atoms with van der Waals surface area (Å²) in [5.74, 6) is -0.233. The van der Waals surface area contributed by atoms with E-state index in [2.05, 4.69) is 18.4 Å². The third kappa shape index (κ3) is 5.42. The van der Waals surface area contributed by atoms with Gasteiger partial charge in [-0.15, -0.1) is 0 Å². The average molecular weight is 288 g/mol. The number of carbonyl (C=O) groups is 1. The monoisotopic (exact) mass is 288 g/mol. The summed E-state index contributed by atoms with van der Waals surface area (Å²) in [6.45, 7) is -0.341. The van der Waals surface area contributed by atoms with Gasteiger partial charge < -0.3 is 19.0 Å². The first-order valence-corrected chi connectivity index (χ1v) is 7.67. The van der Waals surface area contributed by atoms with Crippen molar-refractivity contribution in [3.63, 3.8) is 0 Å². The lowest BCUT2D eigenvalue weighted by atomic mass is 10.1. The first-order chi connectivity index (χ1) is 8.42. The fourth-order valence-corrected chi connectivity index (χ4v) is 1.92. The van der Waals surface area contributed by atoms with E-state index in [9.17, 15) is 4.79 Å². The van der Waals surface area contributed by atoms with Gasteiger partial charge in [-0.1, -0.05) is 24.8 Å². The second kappa shape index (κ2) is 6.66. The Hall–Kier alpha value is -1.20. The molecule has 0 aliphatic carbocycles. The Balaban J connectivity index is 2.67. The maximum Gasteiger partial charge on any atom is 0.375 e. The zero-order chi connectivity index (χ0) is 13.6. The fraction of sp³-hybridized carbons (Fsp3) is 0.182. The number of para-hydroxylation sites is 1. The molecule has 0 unspecified atom stereocenters. The van der Waals surface area contributed by atoms with Crippen molar-refractivity contribution in [3.8, 4) is 5.75 Å². The van der Waals surface area contributed by atoms with Gasteiger partial charge in [-0.25, -0.2) is 4.79 Å². The number of ether oxygens (including phenoxy) is 1. The number of benzene rings is 1. The number of hydrogen-bond acceptors (Lipinski definition) is 4. The largest absolute Gasteiger partial charge is 0.462 e. The second-order valence-electron chi connectivity index (χ2n) is 3.31. The Morgan fingerprint density at radius 1 is 1.44 bits per heavy atom. The van der Waals surface area contributed by atoms with Gasteiger partial charge >= 0.3 is 12.7 Å². The van der Waals surface area contributed by atoms with Crippen LogP contribution >= 0.6 is 6.72 Å². The highest BCUT2D eigenvalue weighted by Gasteiger charge is 2.13. The molecule has 0 aliphatic rings. The van der Waals surface area contributed by atoms with Crippen LogP contribution in [-0.2, 0) is 27.8 Å². The summed E-state index contributed by atoms with van der Waals surface area (Å²) in [5, 5.41) is 0. The van der Waals surface area contributed by atoms with E-state index in [1.165, 1.54) is 0 Å². The topological polar surface area (TPSA) is 76.0 Å². The van der Waals surface area contributed by atoms with Crippen LogP contribution in [0.3, 0.4) is 0 Å². The summed E-state index contributed by atoms with van der Waals surface area (Å²) in [5.41, 5.74) is 0.673. The predicted octanol–water partition coefficient (Wildman–Crippen LogP) is 1.55. The van der Waals surface area contributed by atoms with Gasteiger partial charge in [-0.2, -0.15) is 0 Å². The van der Waals surface area contributed by atoms with Crippen molar-refractivity contribution in [1.82, 2.24) is 0 Å². The smallest absolute Gasteiger partial charge is 0.375 e. The first-order valence-electron chi connectivity index (χ1n) is 5.04. The highest BCUT2D eigenvalue weighted by molar-refractivity contribution is 8.06. The Bertz CT molecular complexity index is 482. The lowest BCUT2D eigenvalue weighted by Crippen LogP contribution is -2.05. The number of esters is 1. The van der Waals surface area contributed by atoms with Gasteiger partial charge in [0.1, 0.15) is 5.75 Å².